The number of aromatic amines is 1. The Morgan fingerprint density at radius 2 is 1.62 bits per heavy atom. The van der Waals surface area contributed by atoms with Gasteiger partial charge in [0.25, 0.3) is 0 Å². The van der Waals surface area contributed by atoms with E-state index in [0.29, 0.717) is 0 Å². The summed E-state index contributed by atoms with van der Waals surface area (Å²) in [6.45, 7) is 2.88. The number of fused-ring (bicyclic) bond motifs is 1. The number of imidazole rings is 1. The fourth-order valence-corrected chi connectivity index (χ4v) is 2.76. The molecule has 0 aliphatic rings. The number of hydrogen-bond donors (Lipinski definition) is 1. The number of allylic oxidation sites excluding steroid dienone is 1. The molecule has 2 heterocycles. The first-order chi connectivity index (χ1) is 12.0. The third-order valence-electron chi connectivity index (χ3n) is 3.37. The summed E-state index contributed by atoms with van der Waals surface area (Å²) in [5, 5.41) is 0.212. The van der Waals surface area contributed by atoms with Crippen LogP contribution in [0.2, 0.25) is 10.0 Å². The molecule has 0 radical (unpaired) electrons. The van der Waals surface area contributed by atoms with Gasteiger partial charge < -0.3 is 4.98 Å². The molecular weight excluding hydrogens is 402 g/mol. The molecule has 136 valence electrons. The molecule has 0 saturated heterocycles. The molecule has 0 aliphatic heterocycles. The van der Waals surface area contributed by atoms with E-state index in [-0.39, 0.29) is 27.5 Å². The third kappa shape index (κ3) is 3.12. The van der Waals surface area contributed by atoms with Crippen LogP contribution in [0.1, 0.15) is 11.5 Å². The lowest BCUT2D eigenvalue weighted by Gasteiger charge is -2.12. The van der Waals surface area contributed by atoms with Crippen molar-refractivity contribution >= 4 is 34.4 Å². The Morgan fingerprint density at radius 3 is 2.15 bits per heavy atom. The smallest absolute Gasteiger partial charge is 0.335 e. The number of alkyl halides is 5. The van der Waals surface area contributed by atoms with Crippen molar-refractivity contribution in [2.75, 3.05) is 0 Å². The van der Waals surface area contributed by atoms with Gasteiger partial charge in [-0.3, -0.25) is 0 Å². The lowest BCUT2D eigenvalue weighted by molar-refractivity contribution is -0.140. The van der Waals surface area contributed by atoms with E-state index in [2.05, 4.69) is 26.5 Å². The standard InChI is InChI=1S/C15H7Cl2F5N4/c1-2-14(18,19)13-24-10(15(20,21)22)9-12(26-13)25-11(23-9)8-6(16)4-3-5-7(8)17/h2-5H,1H2,(H,23,24,25,26). The van der Waals surface area contributed by atoms with Gasteiger partial charge in [-0.1, -0.05) is 35.8 Å². The van der Waals surface area contributed by atoms with Crippen molar-refractivity contribution in [3.8, 4) is 11.4 Å². The molecule has 0 atom stereocenters. The number of H-pyrrole nitrogens is 1. The molecule has 1 aromatic carbocycles. The summed E-state index contributed by atoms with van der Waals surface area (Å²) in [7, 11) is 0. The predicted molar refractivity (Wildman–Crippen MR) is 86.2 cm³/mol. The lowest BCUT2D eigenvalue weighted by Crippen LogP contribution is -2.19. The summed E-state index contributed by atoms with van der Waals surface area (Å²) in [5.74, 6) is -5.39. The first-order valence-corrected chi connectivity index (χ1v) is 7.61. The van der Waals surface area contributed by atoms with E-state index in [0.717, 1.165) is 0 Å². The van der Waals surface area contributed by atoms with E-state index in [1.807, 2.05) is 0 Å². The Hall–Kier alpha value is -2.26. The Morgan fingerprint density at radius 1 is 1.00 bits per heavy atom. The van der Waals surface area contributed by atoms with Gasteiger partial charge in [0.1, 0.15) is 11.3 Å². The van der Waals surface area contributed by atoms with Gasteiger partial charge in [-0.2, -0.15) is 22.0 Å². The van der Waals surface area contributed by atoms with Crippen molar-refractivity contribution in [2.45, 2.75) is 12.1 Å². The molecule has 0 aliphatic carbocycles. The molecule has 0 saturated carbocycles. The van der Waals surface area contributed by atoms with Gasteiger partial charge in [-0.05, 0) is 18.2 Å². The number of rotatable bonds is 3. The molecule has 0 fully saturated rings. The van der Waals surface area contributed by atoms with E-state index in [9.17, 15) is 22.0 Å². The van der Waals surface area contributed by atoms with Crippen LogP contribution in [0.15, 0.2) is 30.9 Å². The van der Waals surface area contributed by atoms with E-state index >= 15 is 0 Å². The molecular formula is C15H7Cl2F5N4. The summed E-state index contributed by atoms with van der Waals surface area (Å²) in [6, 6.07) is 4.42. The van der Waals surface area contributed by atoms with Gasteiger partial charge >= 0.3 is 12.1 Å². The summed E-state index contributed by atoms with van der Waals surface area (Å²) in [6.07, 6.45) is -4.88. The van der Waals surface area contributed by atoms with Gasteiger partial charge in [0.05, 0.1) is 15.6 Å². The minimum Gasteiger partial charge on any atom is -0.335 e. The highest BCUT2D eigenvalue weighted by Crippen LogP contribution is 2.38. The van der Waals surface area contributed by atoms with E-state index < -0.39 is 34.8 Å². The summed E-state index contributed by atoms with van der Waals surface area (Å²) < 4.78 is 67.4. The molecule has 11 heteroatoms. The molecule has 1 N–H and O–H groups in total. The van der Waals surface area contributed by atoms with Crippen LogP contribution in [0.5, 0.6) is 0 Å². The van der Waals surface area contributed by atoms with Crippen LogP contribution in [0.4, 0.5) is 22.0 Å². The second-order valence-electron chi connectivity index (χ2n) is 5.10. The molecule has 4 nitrogen and oxygen atoms in total. The van der Waals surface area contributed by atoms with Crippen LogP contribution >= 0.6 is 23.2 Å². The Kier molecular flexibility index (Phi) is 4.40. The van der Waals surface area contributed by atoms with Crippen LogP contribution in [0.3, 0.4) is 0 Å². The monoisotopic (exact) mass is 408 g/mol. The Bertz CT molecular complexity index is 993. The van der Waals surface area contributed by atoms with Crippen LogP contribution in [-0.4, -0.2) is 19.9 Å². The van der Waals surface area contributed by atoms with E-state index in [1.165, 1.54) is 18.2 Å². The second kappa shape index (κ2) is 6.17. The van der Waals surface area contributed by atoms with Crippen LogP contribution in [0.25, 0.3) is 22.6 Å². The fraction of sp³-hybridized carbons (Fsp3) is 0.133. The van der Waals surface area contributed by atoms with Crippen LogP contribution in [-0.2, 0) is 12.1 Å². The van der Waals surface area contributed by atoms with Gasteiger partial charge in [-0.15, -0.1) is 0 Å². The van der Waals surface area contributed by atoms with Crippen molar-refractivity contribution in [1.82, 2.24) is 19.9 Å². The lowest BCUT2D eigenvalue weighted by atomic mass is 10.2. The van der Waals surface area contributed by atoms with Crippen LogP contribution in [0, 0.1) is 0 Å². The highest BCUT2D eigenvalue weighted by atomic mass is 35.5. The maximum Gasteiger partial charge on any atom is 0.435 e. The number of halogens is 7. The molecule has 26 heavy (non-hydrogen) atoms. The number of nitrogens with zero attached hydrogens (tertiary/aromatic N) is 3. The van der Waals surface area contributed by atoms with Crippen molar-refractivity contribution in [3.05, 3.63) is 52.4 Å². The minimum absolute atomic E-state index is 0.106. The van der Waals surface area contributed by atoms with E-state index in [1.54, 1.807) is 0 Å². The average Bonchev–Trinajstić information content (AvgIpc) is 2.96. The zero-order valence-corrected chi connectivity index (χ0v) is 14.0. The highest BCUT2D eigenvalue weighted by molar-refractivity contribution is 6.39. The molecule has 0 spiro atoms. The van der Waals surface area contributed by atoms with Crippen molar-refractivity contribution in [1.29, 1.82) is 0 Å². The predicted octanol–water partition coefficient (Wildman–Crippen LogP) is 5.62. The molecule has 0 unspecified atom stereocenters. The largest absolute Gasteiger partial charge is 0.435 e. The Balaban J connectivity index is 2.34. The summed E-state index contributed by atoms with van der Waals surface area (Å²) in [4.78, 5) is 12.6. The maximum absolute atomic E-state index is 13.7. The number of nitrogens with one attached hydrogen (secondary N) is 1. The molecule has 0 amide bonds. The fourth-order valence-electron chi connectivity index (χ4n) is 2.19. The minimum atomic E-state index is -5.03. The topological polar surface area (TPSA) is 54.5 Å². The first kappa shape index (κ1) is 18.5. The second-order valence-corrected chi connectivity index (χ2v) is 5.92. The quantitative estimate of drug-likeness (QED) is 0.451. The van der Waals surface area contributed by atoms with Gasteiger partial charge in [0.15, 0.2) is 11.3 Å². The average molecular weight is 409 g/mol. The normalized spacial score (nSPS) is 12.6. The van der Waals surface area contributed by atoms with E-state index in [4.69, 9.17) is 23.2 Å². The number of hydrogen-bond acceptors (Lipinski definition) is 3. The maximum atomic E-state index is 13.7. The highest BCUT2D eigenvalue weighted by Gasteiger charge is 2.41. The van der Waals surface area contributed by atoms with Crippen LogP contribution < -0.4 is 0 Å². The van der Waals surface area contributed by atoms with Gasteiger partial charge in [0.2, 0.25) is 5.82 Å². The third-order valence-corrected chi connectivity index (χ3v) is 4.00. The molecule has 3 aromatic rings. The molecule has 3 rings (SSSR count). The van der Waals surface area contributed by atoms with Gasteiger partial charge in [0, 0.05) is 0 Å². The summed E-state index contributed by atoms with van der Waals surface area (Å²) >= 11 is 12.0. The SMILES string of the molecule is C=CC(F)(F)c1nc(C(F)(F)F)c2[nH]c(-c3c(Cl)cccc3Cl)nc2n1. The number of aromatic nitrogens is 4. The molecule has 2 aromatic heterocycles. The van der Waals surface area contributed by atoms with Crippen molar-refractivity contribution < 1.29 is 22.0 Å². The molecule has 0 bridgehead atoms. The first-order valence-electron chi connectivity index (χ1n) is 6.86. The Labute approximate surface area is 152 Å². The van der Waals surface area contributed by atoms with Crippen molar-refractivity contribution in [2.24, 2.45) is 0 Å². The number of benzene rings is 1. The zero-order chi connectivity index (χ0) is 19.3. The van der Waals surface area contributed by atoms with Gasteiger partial charge in [-0.25, -0.2) is 15.0 Å². The summed E-state index contributed by atoms with van der Waals surface area (Å²) in [5.41, 5.74) is -2.73. The van der Waals surface area contributed by atoms with Crippen molar-refractivity contribution in [3.63, 3.8) is 0 Å². The zero-order valence-electron chi connectivity index (χ0n) is 12.5.